The number of anilines is 1. The monoisotopic (exact) mass is 349 g/mol. The maximum absolute atomic E-state index is 10.8. The molecule has 0 amide bonds. The van der Waals surface area contributed by atoms with Crippen molar-refractivity contribution in [2.75, 3.05) is 5.73 Å². The summed E-state index contributed by atoms with van der Waals surface area (Å²) >= 11 is 0. The van der Waals surface area contributed by atoms with Gasteiger partial charge in [-0.05, 0) is 34.9 Å². The zero-order valence-electron chi connectivity index (χ0n) is 13.2. The van der Waals surface area contributed by atoms with E-state index in [1.807, 2.05) is 30.3 Å². The summed E-state index contributed by atoms with van der Waals surface area (Å²) in [4.78, 5) is 4.26. The third-order valence-corrected chi connectivity index (χ3v) is 4.47. The standard InChI is InChI=1S/C19H15N3O2S/c20-10-13-1-7-16(8-2-13)18-9-17(11-22-19(18)21)15-5-3-14(4-6-15)12-25(23)24/h1-9,11,25H,12H2,(H2,21,22). The van der Waals surface area contributed by atoms with E-state index in [1.54, 1.807) is 30.5 Å². The van der Waals surface area contributed by atoms with Crippen LogP contribution in [0.2, 0.25) is 0 Å². The molecule has 0 radical (unpaired) electrons. The Morgan fingerprint density at radius 2 is 1.60 bits per heavy atom. The predicted molar refractivity (Wildman–Crippen MR) is 98.3 cm³/mol. The molecule has 1 heterocycles. The molecule has 0 aliphatic carbocycles. The van der Waals surface area contributed by atoms with E-state index in [2.05, 4.69) is 11.1 Å². The normalized spacial score (nSPS) is 10.6. The van der Waals surface area contributed by atoms with Crippen LogP contribution < -0.4 is 5.73 Å². The second kappa shape index (κ2) is 7.16. The first-order valence-electron chi connectivity index (χ1n) is 7.54. The molecule has 0 atom stereocenters. The molecule has 0 saturated heterocycles. The van der Waals surface area contributed by atoms with Gasteiger partial charge in [-0.1, -0.05) is 36.4 Å². The van der Waals surface area contributed by atoms with E-state index in [-0.39, 0.29) is 5.75 Å². The average Bonchev–Trinajstić information content (AvgIpc) is 2.62. The van der Waals surface area contributed by atoms with Crippen LogP contribution in [0.15, 0.2) is 60.8 Å². The molecule has 3 rings (SSSR count). The minimum absolute atomic E-state index is 0.0338. The van der Waals surface area contributed by atoms with Crippen molar-refractivity contribution in [3.63, 3.8) is 0 Å². The number of nitrogens with two attached hydrogens (primary N) is 1. The van der Waals surface area contributed by atoms with Crippen LogP contribution >= 0.6 is 0 Å². The molecule has 124 valence electrons. The van der Waals surface area contributed by atoms with Crippen LogP contribution in [-0.4, -0.2) is 13.4 Å². The van der Waals surface area contributed by atoms with Gasteiger partial charge in [0.1, 0.15) is 16.5 Å². The lowest BCUT2D eigenvalue weighted by Crippen LogP contribution is -1.95. The molecule has 0 saturated carbocycles. The molecular weight excluding hydrogens is 334 g/mol. The van der Waals surface area contributed by atoms with Crippen molar-refractivity contribution >= 4 is 16.5 Å². The number of hydrogen-bond acceptors (Lipinski definition) is 5. The number of thiol groups is 1. The van der Waals surface area contributed by atoms with Gasteiger partial charge in [0, 0.05) is 17.3 Å². The molecule has 0 unspecified atom stereocenters. The van der Waals surface area contributed by atoms with Crippen molar-refractivity contribution < 1.29 is 8.42 Å². The van der Waals surface area contributed by atoms with Gasteiger partial charge in [-0.25, -0.2) is 13.4 Å². The van der Waals surface area contributed by atoms with Crippen molar-refractivity contribution in [1.29, 1.82) is 5.26 Å². The van der Waals surface area contributed by atoms with Crippen LogP contribution in [0, 0.1) is 11.3 Å². The van der Waals surface area contributed by atoms with E-state index >= 15 is 0 Å². The fraction of sp³-hybridized carbons (Fsp3) is 0.0526. The Morgan fingerprint density at radius 1 is 0.960 bits per heavy atom. The average molecular weight is 349 g/mol. The van der Waals surface area contributed by atoms with Crippen molar-refractivity contribution in [2.24, 2.45) is 0 Å². The Bertz CT molecular complexity index is 1010. The van der Waals surface area contributed by atoms with Gasteiger partial charge in [-0.15, -0.1) is 0 Å². The van der Waals surface area contributed by atoms with Gasteiger partial charge < -0.3 is 5.73 Å². The Balaban J connectivity index is 1.97. The van der Waals surface area contributed by atoms with E-state index in [0.29, 0.717) is 11.4 Å². The van der Waals surface area contributed by atoms with Crippen molar-refractivity contribution in [2.45, 2.75) is 5.75 Å². The molecule has 1 aromatic heterocycles. The number of benzene rings is 2. The summed E-state index contributed by atoms with van der Waals surface area (Å²) in [6, 6.07) is 18.5. The molecule has 2 N–H and O–H groups in total. The van der Waals surface area contributed by atoms with E-state index in [4.69, 9.17) is 11.0 Å². The van der Waals surface area contributed by atoms with Crippen molar-refractivity contribution in [1.82, 2.24) is 4.98 Å². The number of nitrogens with zero attached hydrogens (tertiary/aromatic N) is 2. The summed E-state index contributed by atoms with van der Waals surface area (Å²) in [5, 5.41) is 8.90. The van der Waals surface area contributed by atoms with Crippen LogP contribution in [0.4, 0.5) is 5.82 Å². The number of rotatable bonds is 4. The maximum Gasteiger partial charge on any atom is 0.144 e. The molecule has 0 fully saturated rings. The molecule has 5 nitrogen and oxygen atoms in total. The minimum atomic E-state index is -2.44. The molecule has 0 aliphatic rings. The van der Waals surface area contributed by atoms with Crippen LogP contribution in [0.5, 0.6) is 0 Å². The number of nitrogen functional groups attached to an aromatic ring is 1. The summed E-state index contributed by atoms with van der Waals surface area (Å²) < 4.78 is 21.6. The Kier molecular flexibility index (Phi) is 4.78. The lowest BCUT2D eigenvalue weighted by Gasteiger charge is -2.09. The summed E-state index contributed by atoms with van der Waals surface area (Å²) in [5.41, 5.74) is 10.8. The number of aromatic nitrogens is 1. The zero-order chi connectivity index (χ0) is 17.8. The second-order valence-corrected chi connectivity index (χ2v) is 6.52. The molecule has 0 spiro atoms. The molecule has 25 heavy (non-hydrogen) atoms. The first kappa shape index (κ1) is 16.7. The van der Waals surface area contributed by atoms with Gasteiger partial charge in [-0.3, -0.25) is 0 Å². The Hall–Kier alpha value is -3.17. The highest BCUT2D eigenvalue weighted by atomic mass is 32.2. The van der Waals surface area contributed by atoms with Gasteiger partial charge >= 0.3 is 0 Å². The molecule has 3 aromatic rings. The topological polar surface area (TPSA) is 96.8 Å². The Labute approximate surface area is 147 Å². The lowest BCUT2D eigenvalue weighted by molar-refractivity contribution is 0.614. The fourth-order valence-corrected chi connectivity index (χ4v) is 3.05. The second-order valence-electron chi connectivity index (χ2n) is 5.53. The third kappa shape index (κ3) is 3.84. The zero-order valence-corrected chi connectivity index (χ0v) is 14.1. The van der Waals surface area contributed by atoms with E-state index in [9.17, 15) is 8.42 Å². The quantitative estimate of drug-likeness (QED) is 0.706. The number of pyridine rings is 1. The molecule has 6 heteroatoms. The largest absolute Gasteiger partial charge is 0.383 e. The van der Waals surface area contributed by atoms with Crippen LogP contribution in [0.25, 0.3) is 22.3 Å². The van der Waals surface area contributed by atoms with Crippen LogP contribution in [0.3, 0.4) is 0 Å². The highest BCUT2D eigenvalue weighted by molar-refractivity contribution is 7.71. The van der Waals surface area contributed by atoms with Crippen LogP contribution in [-0.2, 0) is 16.5 Å². The minimum Gasteiger partial charge on any atom is -0.383 e. The van der Waals surface area contributed by atoms with E-state index in [0.717, 1.165) is 27.8 Å². The summed E-state index contributed by atoms with van der Waals surface area (Å²) in [6.07, 6.45) is 1.69. The van der Waals surface area contributed by atoms with Crippen LogP contribution in [0.1, 0.15) is 11.1 Å². The number of nitriles is 1. The van der Waals surface area contributed by atoms with E-state index in [1.165, 1.54) is 0 Å². The maximum atomic E-state index is 10.8. The molecule has 0 bridgehead atoms. The summed E-state index contributed by atoms with van der Waals surface area (Å²) in [6.45, 7) is 0. The highest BCUT2D eigenvalue weighted by Crippen LogP contribution is 2.29. The van der Waals surface area contributed by atoms with Gasteiger partial charge in [0.25, 0.3) is 0 Å². The molecule has 0 aliphatic heterocycles. The smallest absolute Gasteiger partial charge is 0.144 e. The van der Waals surface area contributed by atoms with Crippen molar-refractivity contribution in [3.8, 4) is 28.3 Å². The van der Waals surface area contributed by atoms with Gasteiger partial charge in [-0.2, -0.15) is 5.26 Å². The number of hydrogen-bond donors (Lipinski definition) is 2. The fourth-order valence-electron chi connectivity index (χ4n) is 2.54. The predicted octanol–water partition coefficient (Wildman–Crippen LogP) is 2.98. The first-order chi connectivity index (χ1) is 12.1. The molecular formula is C19H15N3O2S. The van der Waals surface area contributed by atoms with Gasteiger partial charge in [0.05, 0.1) is 17.4 Å². The third-order valence-electron chi connectivity index (χ3n) is 3.84. The lowest BCUT2D eigenvalue weighted by atomic mass is 10.00. The van der Waals surface area contributed by atoms with Gasteiger partial charge in [0.2, 0.25) is 0 Å². The van der Waals surface area contributed by atoms with Crippen molar-refractivity contribution in [3.05, 3.63) is 71.9 Å². The van der Waals surface area contributed by atoms with Gasteiger partial charge in [0.15, 0.2) is 0 Å². The SMILES string of the molecule is N#Cc1ccc(-c2cc(-c3ccc(C[SH](=O)=O)cc3)cnc2N)cc1. The highest BCUT2D eigenvalue weighted by Gasteiger charge is 2.08. The Morgan fingerprint density at radius 3 is 2.20 bits per heavy atom. The van der Waals surface area contributed by atoms with E-state index < -0.39 is 10.7 Å². The molecule has 2 aromatic carbocycles. The summed E-state index contributed by atoms with van der Waals surface area (Å²) in [5.74, 6) is 0.444. The summed E-state index contributed by atoms with van der Waals surface area (Å²) in [7, 11) is -2.44. The first-order valence-corrected chi connectivity index (χ1v) is 8.90.